The number of benzene rings is 12. The van der Waals surface area contributed by atoms with Gasteiger partial charge >= 0.3 is 0 Å². The largest absolute Gasteiger partial charge is 0.256 e. The molecule has 0 aliphatic heterocycles. The van der Waals surface area contributed by atoms with E-state index in [2.05, 4.69) is 188 Å². The zero-order chi connectivity index (χ0) is 39.8. The molecule has 12 aromatic carbocycles. The van der Waals surface area contributed by atoms with Crippen molar-refractivity contribution in [3.8, 4) is 33.5 Å². The van der Waals surface area contributed by atoms with E-state index in [-0.39, 0.29) is 0 Å². The summed E-state index contributed by atoms with van der Waals surface area (Å²) in [5.41, 5.74) is 7.14. The Kier molecular flexibility index (Phi) is 6.77. The number of hydrogen-bond acceptors (Lipinski definition) is 2. The fourth-order valence-corrected chi connectivity index (χ4v) is 11.9. The van der Waals surface area contributed by atoms with Gasteiger partial charge in [0.1, 0.15) is 0 Å². The van der Waals surface area contributed by atoms with E-state index in [0.29, 0.717) is 0 Å². The van der Waals surface area contributed by atoms with Crippen LogP contribution in [0.15, 0.2) is 200 Å². The van der Waals surface area contributed by atoms with Gasteiger partial charge in [0, 0.05) is 37.3 Å². The Morgan fingerprint density at radius 3 is 1.72 bits per heavy atom. The predicted molar refractivity (Wildman–Crippen MR) is 265 cm³/mol. The SMILES string of the molecule is c1ccc(-c2cc3c(sc4ccc5c6ccccc6c6cc(-c7ccc8cc(-c9ccc%10ccc%11cccc%12ccc9c%10c%11%12)ccc8c7)ccc6c5c43)c3ccccc23)nc1. The van der Waals surface area contributed by atoms with Crippen molar-refractivity contribution in [1.82, 2.24) is 4.98 Å². The molecule has 14 aromatic rings. The standard InChI is InChI=1S/C59H33NS/c1-2-11-44-43(10-1)47-27-28-54-58(52-33-51(53-14-5-6-29-60-53)45-12-3-4-13-49(45)59(52)61-54)57(47)48-26-23-40(32-50(44)48)38-17-18-39-31-41(20-19-37(39)30-38)42-24-21-36-16-15-34-8-7-9-35-22-25-46(42)56(36)55(34)35/h1-33H. The molecule has 0 spiro atoms. The second kappa shape index (κ2) is 12.4. The molecule has 14 rings (SSSR count). The summed E-state index contributed by atoms with van der Waals surface area (Å²) in [4.78, 5) is 4.83. The monoisotopic (exact) mass is 787 g/mol. The molecule has 0 saturated carbocycles. The number of pyridine rings is 1. The normalized spacial score (nSPS) is 12.3. The Morgan fingerprint density at radius 1 is 0.295 bits per heavy atom. The van der Waals surface area contributed by atoms with Crippen LogP contribution in [-0.4, -0.2) is 4.98 Å². The Labute approximate surface area is 354 Å². The van der Waals surface area contributed by atoms with E-state index in [1.165, 1.54) is 134 Å². The van der Waals surface area contributed by atoms with Crippen molar-refractivity contribution in [1.29, 1.82) is 0 Å². The van der Waals surface area contributed by atoms with Crippen LogP contribution in [0, 0.1) is 0 Å². The molecule has 0 aliphatic rings. The van der Waals surface area contributed by atoms with Crippen molar-refractivity contribution in [2.45, 2.75) is 0 Å². The summed E-state index contributed by atoms with van der Waals surface area (Å²) < 4.78 is 2.64. The fraction of sp³-hybridized carbons (Fsp3) is 0. The van der Waals surface area contributed by atoms with Gasteiger partial charge in [0.2, 0.25) is 0 Å². The molecule has 0 atom stereocenters. The van der Waals surface area contributed by atoms with Crippen LogP contribution in [0.5, 0.6) is 0 Å². The van der Waals surface area contributed by atoms with Crippen LogP contribution in [-0.2, 0) is 0 Å². The van der Waals surface area contributed by atoms with Crippen molar-refractivity contribution in [3.63, 3.8) is 0 Å². The van der Waals surface area contributed by atoms with Crippen LogP contribution in [0.3, 0.4) is 0 Å². The molecule has 0 fully saturated rings. The highest BCUT2D eigenvalue weighted by molar-refractivity contribution is 7.27. The minimum atomic E-state index is 0.999. The summed E-state index contributed by atoms with van der Waals surface area (Å²) in [7, 11) is 0. The molecule has 0 N–H and O–H groups in total. The number of aromatic nitrogens is 1. The van der Waals surface area contributed by atoms with E-state index in [1.807, 2.05) is 23.6 Å². The number of fused-ring (bicyclic) bond motifs is 13. The predicted octanol–water partition coefficient (Wildman–Crippen LogP) is 17.1. The molecule has 2 heterocycles. The van der Waals surface area contributed by atoms with Crippen LogP contribution < -0.4 is 0 Å². The maximum atomic E-state index is 4.83. The molecule has 2 aromatic heterocycles. The van der Waals surface area contributed by atoms with Crippen LogP contribution in [0.4, 0.5) is 0 Å². The van der Waals surface area contributed by atoms with Gasteiger partial charge in [-0.05, 0) is 146 Å². The molecule has 1 nitrogen and oxygen atoms in total. The second-order valence-corrected chi connectivity index (χ2v) is 17.6. The molecule has 280 valence electrons. The van der Waals surface area contributed by atoms with Crippen molar-refractivity contribution in [3.05, 3.63) is 200 Å². The number of nitrogens with zero attached hydrogens (tertiary/aromatic N) is 1. The average molecular weight is 788 g/mol. The highest BCUT2D eigenvalue weighted by Gasteiger charge is 2.19. The number of thiophene rings is 1. The Balaban J connectivity index is 0.952. The average Bonchev–Trinajstić information content (AvgIpc) is 3.72. The van der Waals surface area contributed by atoms with Gasteiger partial charge in [-0.15, -0.1) is 11.3 Å². The van der Waals surface area contributed by atoms with Gasteiger partial charge in [0.25, 0.3) is 0 Å². The molecule has 0 radical (unpaired) electrons. The van der Waals surface area contributed by atoms with Crippen molar-refractivity contribution in [2.75, 3.05) is 0 Å². The van der Waals surface area contributed by atoms with Crippen LogP contribution >= 0.6 is 11.3 Å². The van der Waals surface area contributed by atoms with Crippen molar-refractivity contribution < 1.29 is 0 Å². The highest BCUT2D eigenvalue weighted by atomic mass is 32.1. The first kappa shape index (κ1) is 33.2. The minimum absolute atomic E-state index is 0.999. The summed E-state index contributed by atoms with van der Waals surface area (Å²) in [6, 6.07) is 72.5. The van der Waals surface area contributed by atoms with E-state index in [1.54, 1.807) is 0 Å². The molecule has 0 aliphatic carbocycles. The Morgan fingerprint density at radius 2 is 0.902 bits per heavy atom. The lowest BCUT2D eigenvalue weighted by Crippen LogP contribution is -1.88. The van der Waals surface area contributed by atoms with E-state index in [0.717, 1.165) is 5.69 Å². The van der Waals surface area contributed by atoms with Crippen LogP contribution in [0.25, 0.3) is 140 Å². The lowest BCUT2D eigenvalue weighted by Gasteiger charge is -2.15. The van der Waals surface area contributed by atoms with Gasteiger partial charge in [-0.3, -0.25) is 4.98 Å². The summed E-state index contributed by atoms with van der Waals surface area (Å²) in [5.74, 6) is 0. The summed E-state index contributed by atoms with van der Waals surface area (Å²) in [5, 5.41) is 23.3. The first-order valence-corrected chi connectivity index (χ1v) is 21.8. The molecule has 2 heteroatoms. The third-order valence-electron chi connectivity index (χ3n) is 13.4. The van der Waals surface area contributed by atoms with E-state index >= 15 is 0 Å². The molecule has 0 bridgehead atoms. The van der Waals surface area contributed by atoms with Gasteiger partial charge in [-0.2, -0.15) is 0 Å². The van der Waals surface area contributed by atoms with E-state index in [9.17, 15) is 0 Å². The van der Waals surface area contributed by atoms with E-state index < -0.39 is 0 Å². The maximum Gasteiger partial charge on any atom is 0.0708 e. The highest BCUT2D eigenvalue weighted by Crippen LogP contribution is 2.48. The number of hydrogen-bond donors (Lipinski definition) is 0. The first-order valence-electron chi connectivity index (χ1n) is 21.0. The molecule has 0 unspecified atom stereocenters. The second-order valence-electron chi connectivity index (χ2n) is 16.6. The van der Waals surface area contributed by atoms with Gasteiger partial charge in [0.15, 0.2) is 0 Å². The van der Waals surface area contributed by atoms with Gasteiger partial charge in [-0.1, -0.05) is 152 Å². The summed E-state index contributed by atoms with van der Waals surface area (Å²) in [6.45, 7) is 0. The lowest BCUT2D eigenvalue weighted by atomic mass is 9.88. The molecular formula is C59H33NS. The molecule has 0 saturated heterocycles. The smallest absolute Gasteiger partial charge is 0.0708 e. The van der Waals surface area contributed by atoms with E-state index in [4.69, 9.17) is 4.98 Å². The zero-order valence-electron chi connectivity index (χ0n) is 32.9. The molecule has 0 amide bonds. The van der Waals surface area contributed by atoms with Crippen molar-refractivity contribution in [2.24, 2.45) is 0 Å². The summed E-state index contributed by atoms with van der Waals surface area (Å²) in [6.07, 6.45) is 1.90. The third kappa shape index (κ3) is 4.74. The van der Waals surface area contributed by atoms with Crippen LogP contribution in [0.2, 0.25) is 0 Å². The Hall–Kier alpha value is -7.65. The zero-order valence-corrected chi connectivity index (χ0v) is 33.7. The topological polar surface area (TPSA) is 12.9 Å². The fourth-order valence-electron chi connectivity index (χ4n) is 10.6. The minimum Gasteiger partial charge on any atom is -0.256 e. The van der Waals surface area contributed by atoms with Crippen LogP contribution in [0.1, 0.15) is 0 Å². The Bertz CT molecular complexity index is 4140. The summed E-state index contributed by atoms with van der Waals surface area (Å²) >= 11 is 1.91. The molecule has 61 heavy (non-hydrogen) atoms. The lowest BCUT2D eigenvalue weighted by molar-refractivity contribution is 1.33. The third-order valence-corrected chi connectivity index (χ3v) is 14.6. The molecular weight excluding hydrogens is 755 g/mol. The quantitative estimate of drug-likeness (QED) is 0.163. The van der Waals surface area contributed by atoms with Gasteiger partial charge < -0.3 is 0 Å². The number of rotatable bonds is 3. The first-order chi connectivity index (χ1) is 30.2. The maximum absolute atomic E-state index is 4.83. The van der Waals surface area contributed by atoms with Crippen molar-refractivity contribution >= 4 is 118 Å². The van der Waals surface area contributed by atoms with Gasteiger partial charge in [-0.25, -0.2) is 0 Å². The van der Waals surface area contributed by atoms with Gasteiger partial charge in [0.05, 0.1) is 5.69 Å².